The molecule has 3 heterocycles. The van der Waals surface area contributed by atoms with Crippen molar-refractivity contribution in [3.8, 4) is 0 Å². The molecule has 0 aliphatic carbocycles. The Hall–Kier alpha value is -2.48. The Bertz CT molecular complexity index is 952. The van der Waals surface area contributed by atoms with Gasteiger partial charge in [-0.05, 0) is 31.4 Å². The summed E-state index contributed by atoms with van der Waals surface area (Å²) in [6.45, 7) is 9.16. The lowest BCUT2D eigenvalue weighted by Crippen LogP contribution is -2.37. The van der Waals surface area contributed by atoms with Crippen LogP contribution in [0.5, 0.6) is 0 Å². The van der Waals surface area contributed by atoms with E-state index in [0.29, 0.717) is 36.5 Å². The third-order valence-corrected chi connectivity index (χ3v) is 4.86. The molecule has 1 saturated heterocycles. The number of carbonyl (C=O) groups excluding carboxylic acids is 1. The molecule has 3 rings (SSSR count). The highest BCUT2D eigenvalue weighted by atomic mass is 16.2. The number of fused-ring (bicyclic) bond motifs is 1. The summed E-state index contributed by atoms with van der Waals surface area (Å²) in [5.41, 5.74) is 0.292. The first kappa shape index (κ1) is 19.3. The van der Waals surface area contributed by atoms with Gasteiger partial charge in [0.05, 0.1) is 10.9 Å². The molecule has 1 amide bonds. The molecule has 0 saturated carbocycles. The van der Waals surface area contributed by atoms with Crippen molar-refractivity contribution in [1.29, 1.82) is 0 Å². The van der Waals surface area contributed by atoms with Crippen LogP contribution in [0.15, 0.2) is 15.7 Å². The highest BCUT2D eigenvalue weighted by Crippen LogP contribution is 2.21. The number of hydrogen-bond donors (Lipinski definition) is 2. The van der Waals surface area contributed by atoms with Crippen LogP contribution in [0.1, 0.15) is 55.6 Å². The number of pyridine rings is 1. The van der Waals surface area contributed by atoms with E-state index in [1.807, 2.05) is 20.8 Å². The van der Waals surface area contributed by atoms with Gasteiger partial charge in [0.1, 0.15) is 0 Å². The summed E-state index contributed by atoms with van der Waals surface area (Å²) in [5.74, 6) is -0.114. The molecule has 0 spiro atoms. The van der Waals surface area contributed by atoms with Crippen molar-refractivity contribution in [3.05, 3.63) is 38.2 Å². The first-order chi connectivity index (χ1) is 12.9. The molecule has 0 aromatic carbocycles. The molecule has 0 unspecified atom stereocenters. The van der Waals surface area contributed by atoms with Gasteiger partial charge in [0.2, 0.25) is 0 Å². The third-order valence-electron chi connectivity index (χ3n) is 4.86. The Kier molecular flexibility index (Phi) is 5.74. The first-order valence-electron chi connectivity index (χ1n) is 9.61. The number of aromatic nitrogens is 3. The molecule has 1 aliphatic heterocycles. The van der Waals surface area contributed by atoms with Crippen LogP contribution < -0.4 is 16.6 Å². The number of nitrogens with zero attached hydrogens (tertiary/aromatic N) is 3. The molecular weight excluding hydrogens is 346 g/mol. The SMILES string of the molecule is CCCn1c(=O)[nH]c(=O)c2c(C(=O)N3CCCNCC3)cc(C(C)C)nc21. The van der Waals surface area contributed by atoms with Crippen molar-refractivity contribution in [2.45, 2.75) is 46.1 Å². The second-order valence-electron chi connectivity index (χ2n) is 7.25. The van der Waals surface area contributed by atoms with Crippen LogP contribution in [-0.4, -0.2) is 51.5 Å². The number of aryl methyl sites for hydroxylation is 1. The highest BCUT2D eigenvalue weighted by Gasteiger charge is 2.24. The average Bonchev–Trinajstić information content (AvgIpc) is 2.92. The van der Waals surface area contributed by atoms with Gasteiger partial charge in [0.25, 0.3) is 11.5 Å². The summed E-state index contributed by atoms with van der Waals surface area (Å²) in [7, 11) is 0. The van der Waals surface area contributed by atoms with E-state index in [9.17, 15) is 14.4 Å². The lowest BCUT2D eigenvalue weighted by Gasteiger charge is -2.22. The molecule has 1 aliphatic rings. The van der Waals surface area contributed by atoms with Crippen molar-refractivity contribution in [2.75, 3.05) is 26.2 Å². The van der Waals surface area contributed by atoms with Crippen molar-refractivity contribution in [1.82, 2.24) is 24.8 Å². The molecule has 8 heteroatoms. The molecule has 1 fully saturated rings. The highest BCUT2D eigenvalue weighted by molar-refractivity contribution is 6.05. The maximum atomic E-state index is 13.3. The zero-order valence-electron chi connectivity index (χ0n) is 16.2. The fourth-order valence-corrected chi connectivity index (χ4v) is 3.41. The lowest BCUT2D eigenvalue weighted by molar-refractivity contribution is 0.0768. The number of aromatic amines is 1. The zero-order valence-corrected chi connectivity index (χ0v) is 16.2. The first-order valence-corrected chi connectivity index (χ1v) is 9.61. The van der Waals surface area contributed by atoms with Crippen LogP contribution in [0.25, 0.3) is 11.0 Å². The maximum absolute atomic E-state index is 13.3. The van der Waals surface area contributed by atoms with Gasteiger partial charge in [0, 0.05) is 31.9 Å². The molecular formula is C19H27N5O3. The van der Waals surface area contributed by atoms with Gasteiger partial charge < -0.3 is 10.2 Å². The van der Waals surface area contributed by atoms with Crippen molar-refractivity contribution in [2.24, 2.45) is 0 Å². The van der Waals surface area contributed by atoms with Crippen LogP contribution in [0.4, 0.5) is 0 Å². The number of nitrogens with one attached hydrogen (secondary N) is 2. The predicted molar refractivity (Wildman–Crippen MR) is 104 cm³/mol. The minimum Gasteiger partial charge on any atom is -0.337 e. The van der Waals surface area contributed by atoms with Gasteiger partial charge in [-0.15, -0.1) is 0 Å². The average molecular weight is 373 g/mol. The van der Waals surface area contributed by atoms with Gasteiger partial charge in [-0.1, -0.05) is 20.8 Å². The number of carbonyl (C=O) groups is 1. The normalized spacial score (nSPS) is 15.3. The monoisotopic (exact) mass is 373 g/mol. The minimum absolute atomic E-state index is 0.0659. The zero-order chi connectivity index (χ0) is 19.6. The summed E-state index contributed by atoms with van der Waals surface area (Å²) in [5, 5.41) is 3.48. The molecule has 2 aromatic heterocycles. The van der Waals surface area contributed by atoms with E-state index in [-0.39, 0.29) is 17.2 Å². The van der Waals surface area contributed by atoms with E-state index in [1.54, 1.807) is 11.0 Å². The van der Waals surface area contributed by atoms with Gasteiger partial charge in [-0.25, -0.2) is 9.78 Å². The van der Waals surface area contributed by atoms with E-state index in [1.165, 1.54) is 4.57 Å². The van der Waals surface area contributed by atoms with Gasteiger partial charge in [-0.2, -0.15) is 0 Å². The van der Waals surface area contributed by atoms with E-state index in [4.69, 9.17) is 0 Å². The smallest absolute Gasteiger partial charge is 0.329 e. The second kappa shape index (κ2) is 8.04. The fraction of sp³-hybridized carbons (Fsp3) is 0.579. The molecule has 2 N–H and O–H groups in total. The quantitative estimate of drug-likeness (QED) is 0.835. The van der Waals surface area contributed by atoms with Crippen LogP contribution >= 0.6 is 0 Å². The summed E-state index contributed by atoms with van der Waals surface area (Å²) >= 11 is 0. The molecule has 146 valence electrons. The number of H-pyrrole nitrogens is 1. The Morgan fingerprint density at radius 1 is 1.26 bits per heavy atom. The van der Waals surface area contributed by atoms with E-state index in [0.717, 1.165) is 25.9 Å². The van der Waals surface area contributed by atoms with E-state index < -0.39 is 11.2 Å². The Morgan fingerprint density at radius 3 is 2.74 bits per heavy atom. The van der Waals surface area contributed by atoms with Gasteiger partial charge in [-0.3, -0.25) is 19.1 Å². The Morgan fingerprint density at radius 2 is 2.04 bits per heavy atom. The van der Waals surface area contributed by atoms with Crippen molar-refractivity contribution in [3.63, 3.8) is 0 Å². The van der Waals surface area contributed by atoms with Crippen LogP contribution in [0.3, 0.4) is 0 Å². The standard InChI is InChI=1S/C19H27N5O3/c1-4-8-24-16-15(17(25)22-19(24)27)13(11-14(21-16)12(2)3)18(26)23-9-5-6-20-7-10-23/h11-12,20H,4-10H2,1-3H3,(H,22,25,27). The summed E-state index contributed by atoms with van der Waals surface area (Å²) < 4.78 is 1.46. The predicted octanol–water partition coefficient (Wildman–Crippen LogP) is 1.05. The van der Waals surface area contributed by atoms with Crippen molar-refractivity contribution >= 4 is 16.9 Å². The van der Waals surface area contributed by atoms with Gasteiger partial charge in [0.15, 0.2) is 5.65 Å². The van der Waals surface area contributed by atoms with Crippen LogP contribution in [0, 0.1) is 0 Å². The molecule has 8 nitrogen and oxygen atoms in total. The Labute approximate surface area is 157 Å². The summed E-state index contributed by atoms with van der Waals surface area (Å²) in [6, 6.07) is 1.71. The minimum atomic E-state index is -0.554. The number of hydrogen-bond acceptors (Lipinski definition) is 5. The van der Waals surface area contributed by atoms with E-state index >= 15 is 0 Å². The Balaban J connectivity index is 2.27. The second-order valence-corrected chi connectivity index (χ2v) is 7.25. The van der Waals surface area contributed by atoms with E-state index in [2.05, 4.69) is 15.3 Å². The topological polar surface area (TPSA) is 100 Å². The lowest BCUT2D eigenvalue weighted by atomic mass is 10.0. The number of rotatable bonds is 4. The summed E-state index contributed by atoms with van der Waals surface area (Å²) in [4.78, 5) is 46.9. The van der Waals surface area contributed by atoms with Crippen LogP contribution in [-0.2, 0) is 6.54 Å². The molecule has 0 atom stereocenters. The van der Waals surface area contributed by atoms with Gasteiger partial charge >= 0.3 is 5.69 Å². The molecule has 2 aromatic rings. The maximum Gasteiger partial charge on any atom is 0.329 e. The number of amides is 1. The molecule has 0 bridgehead atoms. The third kappa shape index (κ3) is 3.80. The largest absolute Gasteiger partial charge is 0.337 e. The van der Waals surface area contributed by atoms with Crippen LogP contribution in [0.2, 0.25) is 0 Å². The molecule has 27 heavy (non-hydrogen) atoms. The summed E-state index contributed by atoms with van der Waals surface area (Å²) in [6.07, 6.45) is 1.58. The van der Waals surface area contributed by atoms with Crippen molar-refractivity contribution < 1.29 is 4.79 Å². The molecule has 0 radical (unpaired) electrons. The fourth-order valence-electron chi connectivity index (χ4n) is 3.41.